The van der Waals surface area contributed by atoms with Crippen LogP contribution in [0.4, 0.5) is 4.79 Å². The van der Waals surface area contributed by atoms with Crippen molar-refractivity contribution < 1.29 is 38.4 Å². The van der Waals surface area contributed by atoms with Crippen LogP contribution >= 0.6 is 11.8 Å². The number of hydrogen-bond acceptors (Lipinski definition) is 11. The Balaban J connectivity index is 1.46. The van der Waals surface area contributed by atoms with Gasteiger partial charge in [-0.25, -0.2) is 14.6 Å². The topological polar surface area (TPSA) is 136 Å². The van der Waals surface area contributed by atoms with Crippen LogP contribution in [-0.2, 0) is 28.5 Å². The maximum absolute atomic E-state index is 13.3. The van der Waals surface area contributed by atoms with E-state index in [4.69, 9.17) is 18.9 Å². The molecule has 2 fully saturated rings. The number of aliphatic hydroxyl groups excluding tert-OH is 1. The number of amides is 1. The van der Waals surface area contributed by atoms with E-state index >= 15 is 0 Å². The Bertz CT molecular complexity index is 932. The molecule has 0 spiro atoms. The fraction of sp³-hybridized carbons (Fsp3) is 0.750. The quantitative estimate of drug-likeness (QED) is 0.289. The number of thioether (sulfide) groups is 1. The molecule has 200 valence electrons. The first kappa shape index (κ1) is 26.6. The molecule has 2 N–H and O–H groups in total. The maximum Gasteiger partial charge on any atom is 0.511 e. The zero-order chi connectivity index (χ0) is 26.0. The van der Waals surface area contributed by atoms with Gasteiger partial charge in [-0.3, -0.25) is 4.79 Å². The fourth-order valence-corrected chi connectivity index (χ4v) is 6.61. The van der Waals surface area contributed by atoms with Crippen LogP contribution in [0.5, 0.6) is 0 Å². The summed E-state index contributed by atoms with van der Waals surface area (Å²) in [7, 11) is 1.54. The number of ether oxygens (including phenoxy) is 4. The highest BCUT2D eigenvalue weighted by molar-refractivity contribution is 8.03. The predicted octanol–water partition coefficient (Wildman–Crippen LogP) is 2.14. The number of nitrogens with zero attached hydrogens (tertiary/aromatic N) is 2. The molecular formula is C24H35N3O8S. The molecule has 1 aliphatic carbocycles. The Kier molecular flexibility index (Phi) is 8.34. The minimum absolute atomic E-state index is 0.00194. The van der Waals surface area contributed by atoms with E-state index in [0.29, 0.717) is 24.0 Å². The number of nitrogens with one attached hydrogen (secondary N) is 1. The number of carbonyl (C=O) groups is 3. The van der Waals surface area contributed by atoms with Crippen molar-refractivity contribution in [1.82, 2.24) is 10.2 Å². The number of methoxy groups -OCH3 is 1. The molecule has 0 bridgehead atoms. The van der Waals surface area contributed by atoms with E-state index in [1.165, 1.54) is 30.7 Å². The first-order chi connectivity index (χ1) is 17.2. The molecule has 1 amide bonds. The monoisotopic (exact) mass is 525 g/mol. The average molecular weight is 526 g/mol. The number of aliphatic hydroxyl groups is 1. The summed E-state index contributed by atoms with van der Waals surface area (Å²) in [5.41, 5.74) is 0.136. The highest BCUT2D eigenvalue weighted by atomic mass is 32.2. The number of hydrogen-bond donors (Lipinski definition) is 2. The third kappa shape index (κ3) is 5.44. The molecule has 2 unspecified atom stereocenters. The van der Waals surface area contributed by atoms with Gasteiger partial charge in [0.2, 0.25) is 12.2 Å². The molecule has 3 heterocycles. The van der Waals surface area contributed by atoms with Crippen LogP contribution in [0.1, 0.15) is 52.9 Å². The van der Waals surface area contributed by atoms with Crippen molar-refractivity contribution in [2.75, 3.05) is 20.2 Å². The molecule has 6 atom stereocenters. The molecule has 0 aromatic rings. The SMILES string of the molecule is COC1=NCC(SC2=C(C(=O)OC(C)OC(=O)OC3CCCCC3)N3C(=O)[C@H]([C@@H](C)O)[C@H]3[C@H]2C)CN1. The Morgan fingerprint density at radius 3 is 2.53 bits per heavy atom. The zero-order valence-corrected chi connectivity index (χ0v) is 21.9. The van der Waals surface area contributed by atoms with Crippen molar-refractivity contribution >= 4 is 35.8 Å². The lowest BCUT2D eigenvalue weighted by Gasteiger charge is -2.46. The molecular weight excluding hydrogens is 490 g/mol. The van der Waals surface area contributed by atoms with E-state index in [9.17, 15) is 19.5 Å². The molecule has 3 aliphatic heterocycles. The minimum atomic E-state index is -1.20. The smallest absolute Gasteiger partial charge is 0.469 e. The van der Waals surface area contributed by atoms with Crippen molar-refractivity contribution in [2.24, 2.45) is 16.8 Å². The number of rotatable bonds is 7. The van der Waals surface area contributed by atoms with Gasteiger partial charge in [-0.15, -0.1) is 11.8 Å². The number of β-lactam (4-membered cyclic amide) rings is 1. The molecule has 12 heteroatoms. The highest BCUT2D eigenvalue weighted by Crippen LogP contribution is 2.51. The number of carbonyl (C=O) groups excluding carboxylic acids is 3. The van der Waals surface area contributed by atoms with Gasteiger partial charge in [0.1, 0.15) is 11.8 Å². The summed E-state index contributed by atoms with van der Waals surface area (Å²) in [4.78, 5) is 44.8. The summed E-state index contributed by atoms with van der Waals surface area (Å²) in [6, 6.07) is 0.115. The lowest BCUT2D eigenvalue weighted by Crippen LogP contribution is -2.63. The number of fused-ring (bicyclic) bond motifs is 1. The molecule has 11 nitrogen and oxygen atoms in total. The van der Waals surface area contributed by atoms with Gasteiger partial charge in [-0.05, 0) is 32.6 Å². The van der Waals surface area contributed by atoms with Gasteiger partial charge in [0.15, 0.2) is 0 Å². The van der Waals surface area contributed by atoms with E-state index < -0.39 is 30.4 Å². The van der Waals surface area contributed by atoms with Gasteiger partial charge < -0.3 is 34.3 Å². The van der Waals surface area contributed by atoms with Crippen molar-refractivity contribution in [3.8, 4) is 0 Å². The Labute approximate surface area is 214 Å². The van der Waals surface area contributed by atoms with Gasteiger partial charge in [-0.1, -0.05) is 13.3 Å². The summed E-state index contributed by atoms with van der Waals surface area (Å²) < 4.78 is 21.1. The van der Waals surface area contributed by atoms with Gasteiger partial charge in [0.25, 0.3) is 6.02 Å². The molecule has 36 heavy (non-hydrogen) atoms. The van der Waals surface area contributed by atoms with E-state index in [1.54, 1.807) is 6.92 Å². The molecule has 0 radical (unpaired) electrons. The van der Waals surface area contributed by atoms with E-state index in [1.807, 2.05) is 6.92 Å². The minimum Gasteiger partial charge on any atom is -0.469 e. The molecule has 1 saturated carbocycles. The summed E-state index contributed by atoms with van der Waals surface area (Å²) in [6.07, 6.45) is 1.62. The Morgan fingerprint density at radius 2 is 1.92 bits per heavy atom. The third-order valence-corrected chi connectivity index (χ3v) is 8.53. The predicted molar refractivity (Wildman–Crippen MR) is 131 cm³/mol. The Hall–Kier alpha value is -2.47. The first-order valence-electron chi connectivity index (χ1n) is 12.5. The lowest BCUT2D eigenvalue weighted by atomic mass is 9.79. The van der Waals surface area contributed by atoms with Gasteiger partial charge in [-0.2, -0.15) is 0 Å². The van der Waals surface area contributed by atoms with E-state index in [0.717, 1.165) is 32.1 Å². The van der Waals surface area contributed by atoms with Crippen LogP contribution in [-0.4, -0.2) is 84.0 Å². The van der Waals surface area contributed by atoms with Crippen LogP contribution in [0.3, 0.4) is 0 Å². The highest BCUT2D eigenvalue weighted by Gasteiger charge is 2.60. The van der Waals surface area contributed by atoms with Crippen molar-refractivity contribution in [2.45, 2.75) is 82.7 Å². The van der Waals surface area contributed by atoms with E-state index in [-0.39, 0.29) is 34.9 Å². The van der Waals surface area contributed by atoms with Crippen LogP contribution < -0.4 is 5.32 Å². The number of aliphatic imine (C=N–C) groups is 1. The maximum atomic E-state index is 13.3. The summed E-state index contributed by atoms with van der Waals surface area (Å²) in [5, 5.41) is 13.3. The molecule has 4 aliphatic rings. The molecule has 0 aromatic carbocycles. The van der Waals surface area contributed by atoms with Crippen molar-refractivity contribution in [3.63, 3.8) is 0 Å². The fourth-order valence-electron chi connectivity index (χ4n) is 5.28. The van der Waals surface area contributed by atoms with Crippen molar-refractivity contribution in [1.29, 1.82) is 0 Å². The lowest BCUT2D eigenvalue weighted by molar-refractivity contribution is -0.174. The molecule has 1 saturated heterocycles. The Morgan fingerprint density at radius 1 is 1.19 bits per heavy atom. The first-order valence-corrected chi connectivity index (χ1v) is 13.4. The number of amidine groups is 1. The summed E-state index contributed by atoms with van der Waals surface area (Å²) >= 11 is 1.46. The second kappa shape index (κ2) is 11.3. The largest absolute Gasteiger partial charge is 0.511 e. The van der Waals surface area contributed by atoms with Crippen molar-refractivity contribution in [3.05, 3.63) is 10.6 Å². The van der Waals surface area contributed by atoms with Gasteiger partial charge in [0, 0.05) is 29.5 Å². The summed E-state index contributed by atoms with van der Waals surface area (Å²) in [6.45, 7) is 6.00. The average Bonchev–Trinajstić information content (AvgIpc) is 3.07. The molecule has 4 rings (SSSR count). The van der Waals surface area contributed by atoms with Crippen LogP contribution in [0.25, 0.3) is 0 Å². The molecule has 0 aromatic heterocycles. The van der Waals surface area contributed by atoms with Crippen LogP contribution in [0, 0.1) is 11.8 Å². The second-order valence-corrected chi connectivity index (χ2v) is 11.0. The van der Waals surface area contributed by atoms with Crippen LogP contribution in [0.2, 0.25) is 0 Å². The van der Waals surface area contributed by atoms with Gasteiger partial charge in [0.05, 0.1) is 31.7 Å². The standard InChI is InChI=1S/C24H35N3O8S/c1-12-18-17(13(2)28)21(29)27(18)19(20(12)36-16-10-25-23(32-4)26-11-16)22(30)33-14(3)34-24(31)35-15-8-6-5-7-9-15/h12-18,28H,5-11H2,1-4H3,(H,25,26)/t12-,13-,14?,17-,18-/m1/s1. The third-order valence-electron chi connectivity index (χ3n) is 7.06. The number of esters is 1. The second-order valence-electron chi connectivity index (χ2n) is 9.66. The van der Waals surface area contributed by atoms with Gasteiger partial charge >= 0.3 is 12.1 Å². The normalized spacial score (nSPS) is 29.9. The van der Waals surface area contributed by atoms with E-state index in [2.05, 4.69) is 10.3 Å². The van der Waals surface area contributed by atoms with Crippen LogP contribution in [0.15, 0.2) is 15.6 Å². The zero-order valence-electron chi connectivity index (χ0n) is 21.1. The summed E-state index contributed by atoms with van der Waals surface area (Å²) in [5.74, 6) is -1.86.